The molecular formula is C55H109NO5. The molecule has 61 heavy (non-hydrogen) atoms. The molecule has 364 valence electrons. The number of hydrogen-bond donors (Lipinski definition) is 3. The van der Waals surface area contributed by atoms with Gasteiger partial charge in [0, 0.05) is 6.42 Å². The van der Waals surface area contributed by atoms with Crippen molar-refractivity contribution in [2.45, 2.75) is 334 Å². The number of carbonyl (C=O) groups excluding carboxylic acids is 2. The first-order valence-corrected chi connectivity index (χ1v) is 27.8. The Morgan fingerprint density at radius 3 is 1.00 bits per heavy atom. The molecule has 3 N–H and O–H groups in total. The van der Waals surface area contributed by atoms with Gasteiger partial charge in [-0.3, -0.25) is 9.59 Å². The Bertz CT molecular complexity index is 882. The summed E-state index contributed by atoms with van der Waals surface area (Å²) in [7, 11) is 0. The first-order chi connectivity index (χ1) is 30.0. The number of nitrogens with one attached hydrogen (secondary N) is 1. The monoisotopic (exact) mass is 864 g/mol. The van der Waals surface area contributed by atoms with Gasteiger partial charge >= 0.3 is 5.97 Å². The van der Waals surface area contributed by atoms with Gasteiger partial charge in [-0.1, -0.05) is 278 Å². The van der Waals surface area contributed by atoms with Gasteiger partial charge in [0.05, 0.1) is 25.2 Å². The van der Waals surface area contributed by atoms with E-state index in [0.717, 1.165) is 38.5 Å². The molecule has 0 aliphatic rings. The van der Waals surface area contributed by atoms with Crippen molar-refractivity contribution in [2.24, 2.45) is 0 Å². The Labute approximate surface area is 381 Å². The predicted molar refractivity (Wildman–Crippen MR) is 264 cm³/mol. The minimum absolute atomic E-state index is 0.0879. The van der Waals surface area contributed by atoms with Gasteiger partial charge in [0.1, 0.15) is 6.10 Å². The molecule has 0 saturated carbocycles. The summed E-state index contributed by atoms with van der Waals surface area (Å²) < 4.78 is 5.95. The summed E-state index contributed by atoms with van der Waals surface area (Å²) in [4.78, 5) is 26.2. The first kappa shape index (κ1) is 59.9. The van der Waals surface area contributed by atoms with Gasteiger partial charge in [0.2, 0.25) is 5.91 Å². The molecule has 0 aromatic heterocycles. The van der Waals surface area contributed by atoms with Crippen LogP contribution in [0, 0.1) is 0 Å². The summed E-state index contributed by atoms with van der Waals surface area (Å²) >= 11 is 0. The van der Waals surface area contributed by atoms with E-state index in [1.165, 1.54) is 231 Å². The fourth-order valence-electron chi connectivity index (χ4n) is 8.96. The largest absolute Gasteiger partial charge is 0.462 e. The van der Waals surface area contributed by atoms with Gasteiger partial charge in [0.15, 0.2) is 0 Å². The number of aliphatic hydroxyl groups excluding tert-OH is 2. The number of ether oxygens (including phenoxy) is 1. The molecule has 3 atom stereocenters. The molecule has 0 bridgehead atoms. The summed E-state index contributed by atoms with van der Waals surface area (Å²) in [6.45, 7) is 6.52. The van der Waals surface area contributed by atoms with Crippen LogP contribution in [0.4, 0.5) is 0 Å². The third-order valence-corrected chi connectivity index (χ3v) is 13.2. The molecular weight excluding hydrogens is 755 g/mol. The number of hydrogen-bond acceptors (Lipinski definition) is 5. The highest BCUT2D eigenvalue weighted by Crippen LogP contribution is 2.19. The topological polar surface area (TPSA) is 95.9 Å². The first-order valence-electron chi connectivity index (χ1n) is 27.8. The average Bonchev–Trinajstić information content (AvgIpc) is 3.25. The smallest absolute Gasteiger partial charge is 0.306 e. The third-order valence-electron chi connectivity index (χ3n) is 13.2. The summed E-state index contributed by atoms with van der Waals surface area (Å²) in [6.07, 6.45) is 54.6. The minimum Gasteiger partial charge on any atom is -0.462 e. The number of esters is 1. The molecule has 0 aliphatic heterocycles. The van der Waals surface area contributed by atoms with Crippen LogP contribution >= 0.6 is 0 Å². The zero-order chi connectivity index (χ0) is 44.5. The zero-order valence-corrected chi connectivity index (χ0v) is 41.6. The normalized spacial score (nSPS) is 13.1. The summed E-state index contributed by atoms with van der Waals surface area (Å²) in [5.74, 6) is -0.448. The summed E-state index contributed by atoms with van der Waals surface area (Å²) in [5.41, 5.74) is 0. The van der Waals surface area contributed by atoms with Crippen LogP contribution in [0.2, 0.25) is 0 Å². The van der Waals surface area contributed by atoms with Crippen molar-refractivity contribution in [3.05, 3.63) is 0 Å². The van der Waals surface area contributed by atoms with E-state index >= 15 is 0 Å². The SMILES string of the molecule is CCCCCCCCCCCCCCCCCCCCCC(=O)OC(CCCCCCCCCCCCCC)CC(=O)NC(CO)C(O)CCCCCCCCCCCCC. The third kappa shape index (κ3) is 45.2. The maximum Gasteiger partial charge on any atom is 0.306 e. The van der Waals surface area contributed by atoms with E-state index in [4.69, 9.17) is 4.74 Å². The molecule has 1 amide bonds. The van der Waals surface area contributed by atoms with E-state index in [-0.39, 0.29) is 24.9 Å². The zero-order valence-electron chi connectivity index (χ0n) is 41.6. The van der Waals surface area contributed by atoms with Crippen molar-refractivity contribution < 1.29 is 24.5 Å². The Morgan fingerprint density at radius 1 is 0.410 bits per heavy atom. The molecule has 0 saturated heterocycles. The fraction of sp³-hybridized carbons (Fsp3) is 0.964. The van der Waals surface area contributed by atoms with Crippen LogP contribution in [0.3, 0.4) is 0 Å². The number of rotatable bonds is 51. The Morgan fingerprint density at radius 2 is 0.689 bits per heavy atom. The van der Waals surface area contributed by atoms with Crippen LogP contribution in [0.5, 0.6) is 0 Å². The van der Waals surface area contributed by atoms with Crippen molar-refractivity contribution in [1.29, 1.82) is 0 Å². The Balaban J connectivity index is 4.42. The Hall–Kier alpha value is -1.14. The standard InChI is InChI=1S/C55H109NO5/c1-4-7-10-13-16-19-22-24-25-26-27-28-29-30-33-36-39-42-45-48-55(60)61-51(46-43-40-37-34-32-23-20-17-14-11-8-5-2)49-54(59)56-52(50-57)53(58)47-44-41-38-35-31-21-18-15-12-9-6-3/h51-53,57-58H,4-50H2,1-3H3,(H,56,59). The lowest BCUT2D eigenvalue weighted by molar-refractivity contribution is -0.151. The van der Waals surface area contributed by atoms with Gasteiger partial charge in [-0.15, -0.1) is 0 Å². The van der Waals surface area contributed by atoms with Crippen molar-refractivity contribution in [1.82, 2.24) is 5.32 Å². The van der Waals surface area contributed by atoms with Gasteiger partial charge in [0.25, 0.3) is 0 Å². The van der Waals surface area contributed by atoms with Crippen molar-refractivity contribution in [2.75, 3.05) is 6.61 Å². The highest BCUT2D eigenvalue weighted by molar-refractivity contribution is 5.77. The predicted octanol–water partition coefficient (Wildman–Crippen LogP) is 16.7. The van der Waals surface area contributed by atoms with Gasteiger partial charge < -0.3 is 20.3 Å². The number of amides is 1. The highest BCUT2D eigenvalue weighted by atomic mass is 16.5. The number of carbonyl (C=O) groups is 2. The van der Waals surface area contributed by atoms with Crippen LogP contribution < -0.4 is 5.32 Å². The molecule has 0 heterocycles. The lowest BCUT2D eigenvalue weighted by Crippen LogP contribution is -2.46. The van der Waals surface area contributed by atoms with Gasteiger partial charge in [-0.05, 0) is 25.7 Å². The van der Waals surface area contributed by atoms with Crippen LogP contribution in [0.25, 0.3) is 0 Å². The Kier molecular flexibility index (Phi) is 48.9. The van der Waals surface area contributed by atoms with Crippen LogP contribution in [-0.2, 0) is 14.3 Å². The second kappa shape index (κ2) is 49.9. The molecule has 6 heteroatoms. The second-order valence-electron chi connectivity index (χ2n) is 19.4. The van der Waals surface area contributed by atoms with Crippen molar-refractivity contribution >= 4 is 11.9 Å². The quantitative estimate of drug-likeness (QED) is 0.0418. The van der Waals surface area contributed by atoms with E-state index in [1.54, 1.807) is 0 Å². The van der Waals surface area contributed by atoms with Gasteiger partial charge in [-0.2, -0.15) is 0 Å². The molecule has 3 unspecified atom stereocenters. The highest BCUT2D eigenvalue weighted by Gasteiger charge is 2.24. The molecule has 0 fully saturated rings. The van der Waals surface area contributed by atoms with Crippen LogP contribution in [0.15, 0.2) is 0 Å². The molecule has 0 spiro atoms. The second-order valence-corrected chi connectivity index (χ2v) is 19.4. The molecule has 6 nitrogen and oxygen atoms in total. The minimum atomic E-state index is -0.778. The van der Waals surface area contributed by atoms with Crippen molar-refractivity contribution in [3.8, 4) is 0 Å². The maximum atomic E-state index is 13.2. The molecule has 0 aromatic carbocycles. The van der Waals surface area contributed by atoms with Crippen LogP contribution in [-0.4, -0.2) is 46.9 Å². The lowest BCUT2D eigenvalue weighted by atomic mass is 10.0. The number of unbranched alkanes of at least 4 members (excludes halogenated alkanes) is 39. The van der Waals surface area contributed by atoms with E-state index < -0.39 is 18.2 Å². The maximum absolute atomic E-state index is 13.2. The number of aliphatic hydroxyl groups is 2. The van der Waals surface area contributed by atoms with E-state index in [9.17, 15) is 19.8 Å². The van der Waals surface area contributed by atoms with E-state index in [1.807, 2.05) is 0 Å². The van der Waals surface area contributed by atoms with Gasteiger partial charge in [-0.25, -0.2) is 0 Å². The van der Waals surface area contributed by atoms with E-state index in [0.29, 0.717) is 19.3 Å². The molecule has 0 aliphatic carbocycles. The molecule has 0 rings (SSSR count). The van der Waals surface area contributed by atoms with E-state index in [2.05, 4.69) is 26.1 Å². The summed E-state index contributed by atoms with van der Waals surface area (Å²) in [6, 6.07) is -0.692. The summed E-state index contributed by atoms with van der Waals surface area (Å²) in [5, 5.41) is 23.8. The average molecular weight is 864 g/mol. The molecule has 0 aromatic rings. The molecule has 0 radical (unpaired) electrons. The van der Waals surface area contributed by atoms with Crippen LogP contribution in [0.1, 0.15) is 316 Å². The fourth-order valence-corrected chi connectivity index (χ4v) is 8.96. The lowest BCUT2D eigenvalue weighted by Gasteiger charge is -2.24. The van der Waals surface area contributed by atoms with Crippen molar-refractivity contribution in [3.63, 3.8) is 0 Å².